The number of hydrogen-bond acceptors (Lipinski definition) is 5. The first kappa shape index (κ1) is 15.2. The summed E-state index contributed by atoms with van der Waals surface area (Å²) < 4.78 is 24.5. The first-order valence-electron chi connectivity index (χ1n) is 6.37. The van der Waals surface area contributed by atoms with Gasteiger partial charge < -0.3 is 5.11 Å². The van der Waals surface area contributed by atoms with E-state index in [0.717, 1.165) is 0 Å². The quantitative estimate of drug-likeness (QED) is 0.856. The molecule has 0 bridgehead atoms. The van der Waals surface area contributed by atoms with Gasteiger partial charge >= 0.3 is 5.97 Å². The average Bonchev–Trinajstić information content (AvgIpc) is 2.90. The van der Waals surface area contributed by atoms with Gasteiger partial charge in [0.1, 0.15) is 5.69 Å². The average molecular weight is 309 g/mol. The lowest BCUT2D eigenvalue weighted by atomic mass is 10.1. The number of hydrogen-bond donors (Lipinski definition) is 1. The monoisotopic (exact) mass is 309 g/mol. The molecule has 0 fully saturated rings. The van der Waals surface area contributed by atoms with E-state index in [1.165, 1.54) is 4.68 Å². The summed E-state index contributed by atoms with van der Waals surface area (Å²) in [5.41, 5.74) is 0.762. The van der Waals surface area contributed by atoms with Crippen molar-refractivity contribution in [1.82, 2.24) is 15.0 Å². The third-order valence-corrected chi connectivity index (χ3v) is 4.72. The van der Waals surface area contributed by atoms with Crippen molar-refractivity contribution >= 4 is 15.8 Å². The molecule has 21 heavy (non-hydrogen) atoms. The van der Waals surface area contributed by atoms with Gasteiger partial charge in [0.05, 0.1) is 12.3 Å². The van der Waals surface area contributed by atoms with Crippen molar-refractivity contribution in [2.24, 2.45) is 0 Å². The number of nitrogens with zero attached hydrogens (tertiary/aromatic N) is 3. The van der Waals surface area contributed by atoms with E-state index in [9.17, 15) is 18.3 Å². The lowest BCUT2D eigenvalue weighted by Crippen LogP contribution is -2.16. The Morgan fingerprint density at radius 1 is 1.29 bits per heavy atom. The van der Waals surface area contributed by atoms with Crippen LogP contribution in [-0.2, 0) is 16.4 Å². The molecule has 0 saturated heterocycles. The van der Waals surface area contributed by atoms with Crippen molar-refractivity contribution in [3.05, 3.63) is 36.0 Å². The highest BCUT2D eigenvalue weighted by Crippen LogP contribution is 2.22. The van der Waals surface area contributed by atoms with Crippen LogP contribution in [0.5, 0.6) is 0 Å². The SMILES string of the molecule is CCS(=O)(=O)CCn1nnc(C(=O)O)c1-c1ccccc1. The van der Waals surface area contributed by atoms with Gasteiger partial charge in [-0.15, -0.1) is 5.10 Å². The summed E-state index contributed by atoms with van der Waals surface area (Å²) in [5, 5.41) is 16.6. The Hall–Kier alpha value is -2.22. The molecule has 0 saturated carbocycles. The van der Waals surface area contributed by atoms with Crippen molar-refractivity contribution in [1.29, 1.82) is 0 Å². The van der Waals surface area contributed by atoms with Crippen LogP contribution in [0.15, 0.2) is 30.3 Å². The standard InChI is InChI=1S/C13H15N3O4S/c1-2-21(19,20)9-8-16-12(10-6-4-3-5-7-10)11(13(17)18)14-15-16/h3-7H,2,8-9H2,1H3,(H,17,18). The van der Waals surface area contributed by atoms with Crippen LogP contribution in [-0.4, -0.2) is 46.0 Å². The molecular weight excluding hydrogens is 294 g/mol. The Bertz CT molecular complexity index is 738. The Morgan fingerprint density at radius 3 is 2.52 bits per heavy atom. The molecule has 1 aromatic carbocycles. The normalized spacial score (nSPS) is 11.5. The van der Waals surface area contributed by atoms with E-state index in [0.29, 0.717) is 11.3 Å². The number of rotatable bonds is 6. The molecule has 0 radical (unpaired) electrons. The Kier molecular flexibility index (Phi) is 4.37. The summed E-state index contributed by atoms with van der Waals surface area (Å²) >= 11 is 0. The number of carbonyl (C=O) groups is 1. The van der Waals surface area contributed by atoms with Crippen LogP contribution in [0.1, 0.15) is 17.4 Å². The van der Waals surface area contributed by atoms with Crippen molar-refractivity contribution in [3.8, 4) is 11.3 Å². The minimum atomic E-state index is -3.16. The predicted octanol–water partition coefficient (Wildman–Crippen LogP) is 1.08. The largest absolute Gasteiger partial charge is 0.476 e. The van der Waals surface area contributed by atoms with Gasteiger partial charge in [-0.25, -0.2) is 17.9 Å². The molecule has 2 aromatic rings. The first-order chi connectivity index (χ1) is 9.94. The molecule has 0 amide bonds. The van der Waals surface area contributed by atoms with Crippen LogP contribution < -0.4 is 0 Å². The van der Waals surface area contributed by atoms with Gasteiger partial charge in [-0.05, 0) is 0 Å². The highest BCUT2D eigenvalue weighted by molar-refractivity contribution is 7.91. The van der Waals surface area contributed by atoms with Gasteiger partial charge in [-0.2, -0.15) is 0 Å². The summed E-state index contributed by atoms with van der Waals surface area (Å²) in [6.07, 6.45) is 0. The van der Waals surface area contributed by atoms with Crippen LogP contribution >= 0.6 is 0 Å². The fourth-order valence-electron chi connectivity index (χ4n) is 1.87. The molecule has 112 valence electrons. The minimum Gasteiger partial charge on any atom is -0.476 e. The second-order valence-corrected chi connectivity index (χ2v) is 6.89. The highest BCUT2D eigenvalue weighted by atomic mass is 32.2. The van der Waals surface area contributed by atoms with Crippen LogP contribution in [0.2, 0.25) is 0 Å². The number of sulfone groups is 1. The molecular formula is C13H15N3O4S. The molecule has 0 atom stereocenters. The molecule has 0 unspecified atom stereocenters. The summed E-state index contributed by atoms with van der Waals surface area (Å²) in [4.78, 5) is 11.2. The lowest BCUT2D eigenvalue weighted by Gasteiger charge is -2.07. The van der Waals surface area contributed by atoms with Crippen molar-refractivity contribution < 1.29 is 18.3 Å². The maximum absolute atomic E-state index is 11.6. The molecule has 1 heterocycles. The van der Waals surface area contributed by atoms with Crippen LogP contribution in [0.25, 0.3) is 11.3 Å². The fraction of sp³-hybridized carbons (Fsp3) is 0.308. The second kappa shape index (κ2) is 6.04. The van der Waals surface area contributed by atoms with Crippen LogP contribution in [0.3, 0.4) is 0 Å². The lowest BCUT2D eigenvalue weighted by molar-refractivity contribution is 0.0691. The smallest absolute Gasteiger partial charge is 0.358 e. The zero-order chi connectivity index (χ0) is 15.5. The zero-order valence-corrected chi connectivity index (χ0v) is 12.2. The van der Waals surface area contributed by atoms with Crippen LogP contribution in [0.4, 0.5) is 0 Å². The number of carboxylic acids is 1. The van der Waals surface area contributed by atoms with Gasteiger partial charge in [0.25, 0.3) is 0 Å². The van der Waals surface area contributed by atoms with Crippen molar-refractivity contribution in [2.45, 2.75) is 13.5 Å². The predicted molar refractivity (Wildman–Crippen MR) is 76.7 cm³/mol. The van der Waals surface area contributed by atoms with E-state index in [2.05, 4.69) is 10.3 Å². The van der Waals surface area contributed by atoms with Crippen molar-refractivity contribution in [3.63, 3.8) is 0 Å². The van der Waals surface area contributed by atoms with Crippen molar-refractivity contribution in [2.75, 3.05) is 11.5 Å². The fourth-order valence-corrected chi connectivity index (χ4v) is 2.61. The molecule has 2 rings (SSSR count). The summed E-state index contributed by atoms with van der Waals surface area (Å²) in [6, 6.07) is 8.80. The number of aryl methyl sites for hydroxylation is 1. The van der Waals surface area contributed by atoms with E-state index in [1.54, 1.807) is 37.3 Å². The van der Waals surface area contributed by atoms with E-state index in [4.69, 9.17) is 0 Å². The number of benzene rings is 1. The van der Waals surface area contributed by atoms with Crippen LogP contribution in [0, 0.1) is 0 Å². The molecule has 0 aliphatic rings. The van der Waals surface area contributed by atoms with Gasteiger partial charge in [-0.1, -0.05) is 42.5 Å². The molecule has 8 heteroatoms. The summed E-state index contributed by atoms with van der Waals surface area (Å²) in [7, 11) is -3.16. The molecule has 0 spiro atoms. The third-order valence-electron chi connectivity index (χ3n) is 3.04. The van der Waals surface area contributed by atoms with Gasteiger partial charge in [0, 0.05) is 11.3 Å². The molecule has 0 aliphatic heterocycles. The molecule has 1 aromatic heterocycles. The Balaban J connectivity index is 2.41. The minimum absolute atomic E-state index is 0.0359. The Labute approximate surface area is 122 Å². The van der Waals surface area contributed by atoms with E-state index in [-0.39, 0.29) is 23.7 Å². The Morgan fingerprint density at radius 2 is 1.95 bits per heavy atom. The maximum atomic E-state index is 11.6. The van der Waals surface area contributed by atoms with Gasteiger partial charge in [0.15, 0.2) is 15.5 Å². The maximum Gasteiger partial charge on any atom is 0.358 e. The number of aromatic carboxylic acids is 1. The molecule has 0 aliphatic carbocycles. The highest BCUT2D eigenvalue weighted by Gasteiger charge is 2.21. The van der Waals surface area contributed by atoms with E-state index in [1.807, 2.05) is 0 Å². The topological polar surface area (TPSA) is 102 Å². The van der Waals surface area contributed by atoms with Gasteiger partial charge in [-0.3, -0.25) is 0 Å². The summed E-state index contributed by atoms with van der Waals surface area (Å²) in [5.74, 6) is -1.27. The third kappa shape index (κ3) is 3.46. The molecule has 7 nitrogen and oxygen atoms in total. The zero-order valence-electron chi connectivity index (χ0n) is 11.4. The first-order valence-corrected chi connectivity index (χ1v) is 8.19. The summed E-state index contributed by atoms with van der Waals surface area (Å²) in [6.45, 7) is 1.64. The van der Waals surface area contributed by atoms with E-state index < -0.39 is 15.8 Å². The molecule has 1 N–H and O–H groups in total. The number of carboxylic acid groups (broad SMARTS) is 1. The van der Waals surface area contributed by atoms with E-state index >= 15 is 0 Å². The number of aromatic nitrogens is 3. The second-order valence-electron chi connectivity index (χ2n) is 4.42. The van der Waals surface area contributed by atoms with Gasteiger partial charge in [0.2, 0.25) is 0 Å².